The number of nitrogens with zero attached hydrogens (tertiary/aromatic N) is 4. The molecule has 0 saturated carbocycles. The summed E-state index contributed by atoms with van der Waals surface area (Å²) in [5, 5.41) is 13.4. The zero-order valence-electron chi connectivity index (χ0n) is 15.1. The zero-order valence-corrected chi connectivity index (χ0v) is 16.6. The van der Waals surface area contributed by atoms with Crippen LogP contribution in [-0.4, -0.2) is 56.1 Å². The van der Waals surface area contributed by atoms with E-state index in [-0.39, 0.29) is 21.5 Å². The minimum atomic E-state index is -0.263. The van der Waals surface area contributed by atoms with Gasteiger partial charge in [-0.25, -0.2) is 4.98 Å². The molecular formula is C19H19Cl2N5O. The predicted molar refractivity (Wildman–Crippen MR) is 108 cm³/mol. The average Bonchev–Trinajstić information content (AvgIpc) is 2.67. The van der Waals surface area contributed by atoms with Crippen LogP contribution in [-0.2, 0) is 0 Å². The maximum Gasteiger partial charge on any atom is 0.256 e. The van der Waals surface area contributed by atoms with E-state index in [1.165, 1.54) is 4.90 Å². The number of hydrogen-bond acceptors (Lipinski definition) is 5. The molecular weight excluding hydrogens is 385 g/mol. The summed E-state index contributed by atoms with van der Waals surface area (Å²) < 4.78 is 0. The van der Waals surface area contributed by atoms with E-state index in [1.54, 1.807) is 38.5 Å². The van der Waals surface area contributed by atoms with Gasteiger partial charge in [0, 0.05) is 52.0 Å². The first-order valence-electron chi connectivity index (χ1n) is 8.49. The van der Waals surface area contributed by atoms with Gasteiger partial charge < -0.3 is 15.1 Å². The van der Waals surface area contributed by atoms with Gasteiger partial charge in [0.2, 0.25) is 0 Å². The third-order valence-electron chi connectivity index (χ3n) is 4.40. The lowest BCUT2D eigenvalue weighted by molar-refractivity contribution is 0.0828. The van der Waals surface area contributed by atoms with Crippen molar-refractivity contribution in [2.24, 2.45) is 0 Å². The van der Waals surface area contributed by atoms with Crippen molar-refractivity contribution < 1.29 is 4.79 Å². The van der Waals surface area contributed by atoms with Crippen LogP contribution in [0.1, 0.15) is 15.9 Å². The molecule has 1 aliphatic heterocycles. The molecule has 1 aromatic carbocycles. The fourth-order valence-electron chi connectivity index (χ4n) is 2.99. The van der Waals surface area contributed by atoms with Crippen LogP contribution in [0.2, 0.25) is 10.0 Å². The quantitative estimate of drug-likeness (QED) is 0.852. The molecule has 0 bridgehead atoms. The van der Waals surface area contributed by atoms with Crippen molar-refractivity contribution >= 4 is 34.9 Å². The number of amides is 1. The Morgan fingerprint density at radius 1 is 1.19 bits per heavy atom. The number of carbonyl (C=O) groups is 1. The highest BCUT2D eigenvalue weighted by Crippen LogP contribution is 2.33. The molecule has 2 heterocycles. The van der Waals surface area contributed by atoms with E-state index in [4.69, 9.17) is 23.2 Å². The Kier molecular flexibility index (Phi) is 5.85. The van der Waals surface area contributed by atoms with Crippen LogP contribution in [0.25, 0.3) is 11.1 Å². The molecule has 0 atom stereocenters. The number of hydrogen-bond donors (Lipinski definition) is 1. The van der Waals surface area contributed by atoms with E-state index in [1.807, 2.05) is 0 Å². The van der Waals surface area contributed by atoms with Crippen molar-refractivity contribution in [1.29, 1.82) is 5.26 Å². The first-order valence-corrected chi connectivity index (χ1v) is 9.25. The molecule has 1 amide bonds. The SMILES string of the molecule is CN(C)C(=O)c1c(Cl)cc(-c2cnc(N3CCNCC3)c(C#N)c2)cc1Cl. The number of piperazine rings is 1. The summed E-state index contributed by atoms with van der Waals surface area (Å²) >= 11 is 12.6. The van der Waals surface area contributed by atoms with E-state index in [0.717, 1.165) is 31.7 Å². The van der Waals surface area contributed by atoms with Crippen molar-refractivity contribution in [3.05, 3.63) is 45.6 Å². The molecule has 0 spiro atoms. The average molecular weight is 404 g/mol. The second kappa shape index (κ2) is 8.13. The van der Waals surface area contributed by atoms with Crippen LogP contribution >= 0.6 is 23.2 Å². The van der Waals surface area contributed by atoms with E-state index < -0.39 is 0 Å². The van der Waals surface area contributed by atoms with Crippen molar-refractivity contribution in [2.45, 2.75) is 0 Å². The summed E-state index contributed by atoms with van der Waals surface area (Å²) in [4.78, 5) is 20.3. The third-order valence-corrected chi connectivity index (χ3v) is 5.00. The first-order chi connectivity index (χ1) is 12.9. The molecule has 0 aliphatic carbocycles. The molecule has 1 aliphatic rings. The Balaban J connectivity index is 1.99. The lowest BCUT2D eigenvalue weighted by atomic mass is 10.0. The van der Waals surface area contributed by atoms with E-state index in [2.05, 4.69) is 21.3 Å². The second-order valence-corrected chi connectivity index (χ2v) is 7.27. The molecule has 1 fully saturated rings. The number of nitrogens with one attached hydrogen (secondary N) is 1. The number of benzene rings is 1. The second-order valence-electron chi connectivity index (χ2n) is 6.46. The molecule has 27 heavy (non-hydrogen) atoms. The fourth-order valence-corrected chi connectivity index (χ4v) is 3.64. The number of nitriles is 1. The fraction of sp³-hybridized carbons (Fsp3) is 0.316. The van der Waals surface area contributed by atoms with Gasteiger partial charge in [0.1, 0.15) is 11.9 Å². The van der Waals surface area contributed by atoms with E-state index in [9.17, 15) is 10.1 Å². The topological polar surface area (TPSA) is 72.3 Å². The highest BCUT2D eigenvalue weighted by molar-refractivity contribution is 6.40. The molecule has 140 valence electrons. The van der Waals surface area contributed by atoms with Crippen LogP contribution in [0.5, 0.6) is 0 Å². The monoisotopic (exact) mass is 403 g/mol. The molecule has 1 saturated heterocycles. The van der Waals surface area contributed by atoms with Gasteiger partial charge in [0.15, 0.2) is 0 Å². The summed E-state index contributed by atoms with van der Waals surface area (Å²) in [5.74, 6) is 0.417. The van der Waals surface area contributed by atoms with Gasteiger partial charge in [-0.2, -0.15) is 5.26 Å². The molecule has 3 rings (SSSR count). The van der Waals surface area contributed by atoms with E-state index in [0.29, 0.717) is 16.9 Å². The van der Waals surface area contributed by atoms with Gasteiger partial charge in [-0.05, 0) is 23.8 Å². The lowest BCUT2D eigenvalue weighted by Crippen LogP contribution is -2.44. The van der Waals surface area contributed by atoms with Gasteiger partial charge in [-0.1, -0.05) is 23.2 Å². The first kappa shape index (κ1) is 19.4. The van der Waals surface area contributed by atoms with Crippen molar-refractivity contribution in [2.75, 3.05) is 45.2 Å². The standard InChI is InChI=1S/C19H19Cl2N5O/c1-25(2)19(27)17-15(20)8-12(9-16(17)21)14-7-13(10-22)18(24-11-14)26-5-3-23-4-6-26/h7-9,11,23H,3-6H2,1-2H3. The minimum Gasteiger partial charge on any atom is -0.353 e. The molecule has 0 unspecified atom stereocenters. The number of aromatic nitrogens is 1. The number of anilines is 1. The summed E-state index contributed by atoms with van der Waals surface area (Å²) in [6, 6.07) is 7.35. The van der Waals surface area contributed by atoms with Crippen LogP contribution in [0.3, 0.4) is 0 Å². The number of carbonyl (C=O) groups excluding carboxylic acids is 1. The van der Waals surface area contributed by atoms with Gasteiger partial charge in [-0.15, -0.1) is 0 Å². The number of pyridine rings is 1. The van der Waals surface area contributed by atoms with Gasteiger partial charge in [0.25, 0.3) is 5.91 Å². The molecule has 8 heteroatoms. The Morgan fingerprint density at radius 2 is 1.81 bits per heavy atom. The Hall–Kier alpha value is -2.33. The predicted octanol–water partition coefficient (Wildman–Crippen LogP) is 3.04. The van der Waals surface area contributed by atoms with Crippen LogP contribution in [0.4, 0.5) is 5.82 Å². The maximum atomic E-state index is 12.2. The van der Waals surface area contributed by atoms with Gasteiger partial charge in [-0.3, -0.25) is 4.79 Å². The molecule has 1 N–H and O–H groups in total. The Morgan fingerprint density at radius 3 is 2.37 bits per heavy atom. The van der Waals surface area contributed by atoms with Crippen molar-refractivity contribution in [1.82, 2.24) is 15.2 Å². The molecule has 1 aromatic heterocycles. The van der Waals surface area contributed by atoms with E-state index >= 15 is 0 Å². The van der Waals surface area contributed by atoms with Gasteiger partial charge in [0.05, 0.1) is 21.2 Å². The minimum absolute atomic E-state index is 0.262. The third kappa shape index (κ3) is 4.01. The highest BCUT2D eigenvalue weighted by Gasteiger charge is 2.20. The zero-order chi connectivity index (χ0) is 19.6. The lowest BCUT2D eigenvalue weighted by Gasteiger charge is -2.29. The van der Waals surface area contributed by atoms with Crippen LogP contribution < -0.4 is 10.2 Å². The summed E-state index contributed by atoms with van der Waals surface area (Å²) in [5.41, 5.74) is 2.18. The summed E-state index contributed by atoms with van der Waals surface area (Å²) in [6.45, 7) is 3.34. The number of rotatable bonds is 3. The van der Waals surface area contributed by atoms with Crippen LogP contribution in [0, 0.1) is 11.3 Å². The van der Waals surface area contributed by atoms with Crippen molar-refractivity contribution in [3.63, 3.8) is 0 Å². The summed E-state index contributed by atoms with van der Waals surface area (Å²) in [7, 11) is 3.28. The normalized spacial score (nSPS) is 14.0. The molecule has 6 nitrogen and oxygen atoms in total. The largest absolute Gasteiger partial charge is 0.353 e. The Bertz CT molecular complexity index is 894. The molecule has 0 radical (unpaired) electrons. The smallest absolute Gasteiger partial charge is 0.256 e. The van der Waals surface area contributed by atoms with Gasteiger partial charge >= 0.3 is 0 Å². The molecule has 2 aromatic rings. The maximum absolute atomic E-state index is 12.2. The summed E-state index contributed by atoms with van der Waals surface area (Å²) in [6.07, 6.45) is 1.70. The van der Waals surface area contributed by atoms with Crippen LogP contribution in [0.15, 0.2) is 24.4 Å². The Labute approximate surface area is 168 Å². The highest BCUT2D eigenvalue weighted by atomic mass is 35.5. The number of halogens is 2. The van der Waals surface area contributed by atoms with Crippen molar-refractivity contribution in [3.8, 4) is 17.2 Å².